The van der Waals surface area contributed by atoms with Crippen LogP contribution in [0.5, 0.6) is 0 Å². The summed E-state index contributed by atoms with van der Waals surface area (Å²) in [7, 11) is 0. The Kier molecular flexibility index (Phi) is 5.12. The number of hydrogen-bond acceptors (Lipinski definition) is 6. The summed E-state index contributed by atoms with van der Waals surface area (Å²) in [6.07, 6.45) is 3.47. The van der Waals surface area contributed by atoms with E-state index in [1.807, 2.05) is 42.5 Å². The van der Waals surface area contributed by atoms with E-state index in [1.165, 1.54) is 12.1 Å². The predicted molar refractivity (Wildman–Crippen MR) is 123 cm³/mol. The molecule has 3 heterocycles. The molecule has 32 heavy (non-hydrogen) atoms. The molecule has 3 aromatic heterocycles. The van der Waals surface area contributed by atoms with Gasteiger partial charge in [0.25, 0.3) is 0 Å². The Morgan fingerprint density at radius 2 is 1.88 bits per heavy atom. The Hall–Kier alpha value is -4.04. The highest BCUT2D eigenvalue weighted by Gasteiger charge is 2.20. The standard InChI is InChI=1S/C23H17ClFN7/c24-17-11-15(8-9-18(17)25)20-19-21(26)32(16-6-2-1-3-7-16)31-22(19)30-23(29-20)28-13-14-5-4-10-27-12-14/h1-12H,13,26H2,(H,28,30,31). The van der Waals surface area contributed by atoms with E-state index in [4.69, 9.17) is 17.3 Å². The third kappa shape index (κ3) is 3.72. The van der Waals surface area contributed by atoms with E-state index >= 15 is 0 Å². The van der Waals surface area contributed by atoms with E-state index in [0.717, 1.165) is 11.3 Å². The van der Waals surface area contributed by atoms with Crippen LogP contribution in [0.4, 0.5) is 16.2 Å². The molecule has 7 nitrogen and oxygen atoms in total. The van der Waals surface area contributed by atoms with Crippen LogP contribution < -0.4 is 11.1 Å². The SMILES string of the molecule is Nc1c2c(-c3ccc(F)c(Cl)c3)nc(NCc3cccnc3)nc2nn1-c1ccccc1. The third-order valence-corrected chi connectivity index (χ3v) is 5.23. The van der Waals surface area contributed by atoms with Gasteiger partial charge in [0.1, 0.15) is 11.6 Å². The van der Waals surface area contributed by atoms with Gasteiger partial charge in [-0.15, -0.1) is 5.10 Å². The molecule has 3 N–H and O–H groups in total. The van der Waals surface area contributed by atoms with Crippen molar-refractivity contribution in [1.82, 2.24) is 24.7 Å². The average molecular weight is 446 g/mol. The molecule has 0 atom stereocenters. The van der Waals surface area contributed by atoms with Crippen molar-refractivity contribution in [2.24, 2.45) is 0 Å². The molecule has 0 aliphatic rings. The lowest BCUT2D eigenvalue weighted by Crippen LogP contribution is -2.05. The smallest absolute Gasteiger partial charge is 0.225 e. The summed E-state index contributed by atoms with van der Waals surface area (Å²) in [5, 5.41) is 8.36. The molecule has 0 radical (unpaired) electrons. The van der Waals surface area contributed by atoms with Crippen molar-refractivity contribution >= 4 is 34.4 Å². The molecule has 0 saturated carbocycles. The Balaban J connectivity index is 1.66. The molecule has 9 heteroatoms. The Morgan fingerprint density at radius 3 is 2.62 bits per heavy atom. The van der Waals surface area contributed by atoms with Crippen molar-refractivity contribution in [3.63, 3.8) is 0 Å². The van der Waals surface area contributed by atoms with E-state index in [2.05, 4.69) is 25.4 Å². The van der Waals surface area contributed by atoms with Crippen LogP contribution in [0.25, 0.3) is 28.0 Å². The molecule has 0 aliphatic carbocycles. The summed E-state index contributed by atoms with van der Waals surface area (Å²) in [4.78, 5) is 13.3. The minimum atomic E-state index is -0.511. The number of nitrogens with one attached hydrogen (secondary N) is 1. The van der Waals surface area contributed by atoms with Gasteiger partial charge in [0.15, 0.2) is 5.65 Å². The normalized spacial score (nSPS) is 11.1. The van der Waals surface area contributed by atoms with Crippen LogP contribution in [0.3, 0.4) is 0 Å². The molecule has 0 amide bonds. The fraction of sp³-hybridized carbons (Fsp3) is 0.0435. The molecule has 158 valence electrons. The van der Waals surface area contributed by atoms with Crippen molar-refractivity contribution in [2.45, 2.75) is 6.54 Å². The van der Waals surface area contributed by atoms with Gasteiger partial charge < -0.3 is 11.1 Å². The summed E-state index contributed by atoms with van der Waals surface area (Å²) in [5.41, 5.74) is 9.75. The number of para-hydroxylation sites is 1. The summed E-state index contributed by atoms with van der Waals surface area (Å²) in [5.74, 6) is 0.221. The minimum absolute atomic E-state index is 0.00634. The first-order chi connectivity index (χ1) is 15.6. The van der Waals surface area contributed by atoms with Crippen LogP contribution in [-0.2, 0) is 6.54 Å². The van der Waals surface area contributed by atoms with Crippen molar-refractivity contribution in [2.75, 3.05) is 11.1 Å². The van der Waals surface area contributed by atoms with Crippen LogP contribution in [0.1, 0.15) is 5.56 Å². The zero-order valence-electron chi connectivity index (χ0n) is 16.7. The van der Waals surface area contributed by atoms with Crippen LogP contribution in [-0.4, -0.2) is 24.7 Å². The lowest BCUT2D eigenvalue weighted by atomic mass is 10.1. The number of nitrogen functional groups attached to an aromatic ring is 1. The van der Waals surface area contributed by atoms with E-state index in [-0.39, 0.29) is 5.02 Å². The topological polar surface area (TPSA) is 94.5 Å². The molecule has 0 spiro atoms. The zero-order valence-corrected chi connectivity index (χ0v) is 17.5. The number of aromatic nitrogens is 5. The molecule has 5 aromatic rings. The number of anilines is 2. The van der Waals surface area contributed by atoms with E-state index in [1.54, 1.807) is 23.1 Å². The first-order valence-electron chi connectivity index (χ1n) is 9.80. The van der Waals surface area contributed by atoms with Crippen molar-refractivity contribution in [1.29, 1.82) is 0 Å². The van der Waals surface area contributed by atoms with Crippen LogP contribution in [0.15, 0.2) is 73.1 Å². The van der Waals surface area contributed by atoms with Crippen LogP contribution >= 0.6 is 11.6 Å². The number of rotatable bonds is 5. The number of halogens is 2. The van der Waals surface area contributed by atoms with E-state index < -0.39 is 5.82 Å². The van der Waals surface area contributed by atoms with Crippen molar-refractivity contribution in [3.8, 4) is 16.9 Å². The second-order valence-electron chi connectivity index (χ2n) is 7.07. The maximum atomic E-state index is 13.8. The van der Waals surface area contributed by atoms with Gasteiger partial charge in [-0.2, -0.15) is 4.98 Å². The Labute approximate surface area is 187 Å². The Bertz CT molecular complexity index is 1400. The molecule has 0 fully saturated rings. The largest absolute Gasteiger partial charge is 0.383 e. The van der Waals surface area contributed by atoms with Gasteiger partial charge in [-0.25, -0.2) is 14.1 Å². The highest BCUT2D eigenvalue weighted by Crippen LogP contribution is 2.34. The zero-order chi connectivity index (χ0) is 22.1. The molecule has 0 saturated heterocycles. The number of nitrogens with zero attached hydrogens (tertiary/aromatic N) is 5. The molecule has 2 aromatic carbocycles. The maximum Gasteiger partial charge on any atom is 0.225 e. The first-order valence-corrected chi connectivity index (χ1v) is 10.2. The highest BCUT2D eigenvalue weighted by molar-refractivity contribution is 6.31. The number of nitrogens with two attached hydrogens (primary N) is 1. The highest BCUT2D eigenvalue weighted by atomic mass is 35.5. The lowest BCUT2D eigenvalue weighted by molar-refractivity contribution is 0.628. The predicted octanol–water partition coefficient (Wildman–Crippen LogP) is 4.86. The third-order valence-electron chi connectivity index (χ3n) is 4.94. The molecular weight excluding hydrogens is 429 g/mol. The van der Waals surface area contributed by atoms with Gasteiger partial charge in [-0.05, 0) is 42.0 Å². The van der Waals surface area contributed by atoms with Crippen LogP contribution in [0.2, 0.25) is 5.02 Å². The molecule has 0 bridgehead atoms. The van der Waals surface area contributed by atoms with E-state index in [9.17, 15) is 4.39 Å². The lowest BCUT2D eigenvalue weighted by Gasteiger charge is -2.09. The van der Waals surface area contributed by atoms with Gasteiger partial charge >= 0.3 is 0 Å². The van der Waals surface area contributed by atoms with Gasteiger partial charge in [0.2, 0.25) is 5.95 Å². The van der Waals surface area contributed by atoms with Crippen molar-refractivity contribution in [3.05, 3.63) is 89.5 Å². The van der Waals surface area contributed by atoms with Gasteiger partial charge in [0, 0.05) is 24.5 Å². The number of fused-ring (bicyclic) bond motifs is 1. The number of pyridine rings is 1. The van der Waals surface area contributed by atoms with Gasteiger partial charge in [-0.3, -0.25) is 4.98 Å². The fourth-order valence-electron chi connectivity index (χ4n) is 3.39. The average Bonchev–Trinajstić information content (AvgIpc) is 3.16. The summed E-state index contributed by atoms with van der Waals surface area (Å²) < 4.78 is 15.4. The van der Waals surface area contributed by atoms with E-state index in [0.29, 0.717) is 40.6 Å². The van der Waals surface area contributed by atoms with Gasteiger partial charge in [0.05, 0.1) is 21.8 Å². The summed E-state index contributed by atoms with van der Waals surface area (Å²) >= 11 is 6.04. The quantitative estimate of drug-likeness (QED) is 0.401. The van der Waals surface area contributed by atoms with Crippen molar-refractivity contribution < 1.29 is 4.39 Å². The molecule has 0 unspecified atom stereocenters. The second kappa shape index (κ2) is 8.24. The molecule has 0 aliphatic heterocycles. The van der Waals surface area contributed by atoms with Crippen LogP contribution in [0, 0.1) is 5.82 Å². The Morgan fingerprint density at radius 1 is 1.03 bits per heavy atom. The summed E-state index contributed by atoms with van der Waals surface area (Å²) in [6.45, 7) is 0.470. The fourth-order valence-corrected chi connectivity index (χ4v) is 3.57. The number of hydrogen-bond donors (Lipinski definition) is 2. The number of benzene rings is 2. The summed E-state index contributed by atoms with van der Waals surface area (Å²) in [6, 6.07) is 17.7. The maximum absolute atomic E-state index is 13.8. The molecule has 5 rings (SSSR count). The molecular formula is C23H17ClFN7. The van der Waals surface area contributed by atoms with Gasteiger partial charge in [-0.1, -0.05) is 35.9 Å². The first kappa shape index (κ1) is 19.9. The monoisotopic (exact) mass is 445 g/mol. The minimum Gasteiger partial charge on any atom is -0.383 e. The second-order valence-corrected chi connectivity index (χ2v) is 7.48.